The SMILES string of the molecule is [C-]#[N+]c1cc(C(=O)OC)c(C2CC2)cc1C. The number of ether oxygens (including phenoxy) is 1. The first-order valence-electron chi connectivity index (χ1n) is 5.27. The van der Waals surface area contributed by atoms with Gasteiger partial charge in [0.25, 0.3) is 0 Å². The number of rotatable bonds is 2. The van der Waals surface area contributed by atoms with E-state index in [-0.39, 0.29) is 5.97 Å². The number of carbonyl (C=O) groups is 1. The van der Waals surface area contributed by atoms with Gasteiger partial charge in [0.15, 0.2) is 5.69 Å². The lowest BCUT2D eigenvalue weighted by molar-refractivity contribution is 0.0599. The van der Waals surface area contributed by atoms with Crippen molar-refractivity contribution in [3.63, 3.8) is 0 Å². The molecule has 0 amide bonds. The third kappa shape index (κ3) is 1.79. The van der Waals surface area contributed by atoms with E-state index in [0.29, 0.717) is 17.2 Å². The van der Waals surface area contributed by atoms with Crippen molar-refractivity contribution in [2.24, 2.45) is 0 Å². The molecule has 0 spiro atoms. The predicted octanol–water partition coefficient (Wildman–Crippen LogP) is 3.21. The van der Waals surface area contributed by atoms with Gasteiger partial charge in [0.05, 0.1) is 19.2 Å². The largest absolute Gasteiger partial charge is 0.465 e. The molecule has 0 aliphatic heterocycles. The summed E-state index contributed by atoms with van der Waals surface area (Å²) in [5, 5.41) is 0. The minimum atomic E-state index is -0.341. The van der Waals surface area contributed by atoms with Gasteiger partial charge in [-0.25, -0.2) is 9.64 Å². The summed E-state index contributed by atoms with van der Waals surface area (Å²) in [6.45, 7) is 8.95. The number of methoxy groups -OCH3 is 1. The highest BCUT2D eigenvalue weighted by Crippen LogP contribution is 2.43. The normalized spacial score (nSPS) is 14.3. The van der Waals surface area contributed by atoms with Crippen molar-refractivity contribution in [1.29, 1.82) is 0 Å². The number of benzene rings is 1. The number of nitrogens with zero attached hydrogens (tertiary/aromatic N) is 1. The lowest BCUT2D eigenvalue weighted by Crippen LogP contribution is -2.05. The van der Waals surface area contributed by atoms with Crippen LogP contribution in [0.4, 0.5) is 5.69 Å². The Bertz CT molecular complexity index is 481. The van der Waals surface area contributed by atoms with Crippen molar-refractivity contribution in [1.82, 2.24) is 0 Å². The van der Waals surface area contributed by atoms with Crippen LogP contribution in [-0.4, -0.2) is 13.1 Å². The first-order chi connectivity index (χ1) is 7.67. The molecule has 1 aliphatic carbocycles. The molecular formula is C13H13NO2. The molecule has 0 aromatic heterocycles. The summed E-state index contributed by atoms with van der Waals surface area (Å²) in [6, 6.07) is 3.61. The predicted molar refractivity (Wildman–Crippen MR) is 60.8 cm³/mol. The minimum absolute atomic E-state index is 0.341. The average molecular weight is 215 g/mol. The van der Waals surface area contributed by atoms with Gasteiger partial charge in [-0.2, -0.15) is 0 Å². The van der Waals surface area contributed by atoms with Crippen LogP contribution in [0.25, 0.3) is 4.85 Å². The van der Waals surface area contributed by atoms with Crippen LogP contribution in [-0.2, 0) is 4.74 Å². The average Bonchev–Trinajstić information content (AvgIpc) is 3.11. The molecule has 0 N–H and O–H groups in total. The molecule has 3 nitrogen and oxygen atoms in total. The van der Waals surface area contributed by atoms with E-state index in [1.165, 1.54) is 7.11 Å². The second kappa shape index (κ2) is 3.97. The zero-order chi connectivity index (χ0) is 11.7. The number of hydrogen-bond donors (Lipinski definition) is 0. The molecule has 1 fully saturated rings. The van der Waals surface area contributed by atoms with Crippen molar-refractivity contribution < 1.29 is 9.53 Å². The Morgan fingerprint density at radius 3 is 2.69 bits per heavy atom. The summed E-state index contributed by atoms with van der Waals surface area (Å²) in [5.41, 5.74) is 3.06. The van der Waals surface area contributed by atoms with E-state index in [0.717, 1.165) is 24.0 Å². The lowest BCUT2D eigenvalue weighted by atomic mass is 9.99. The molecule has 0 atom stereocenters. The van der Waals surface area contributed by atoms with Gasteiger partial charge in [-0.15, -0.1) is 0 Å². The molecule has 1 aliphatic rings. The Morgan fingerprint density at radius 1 is 1.50 bits per heavy atom. The maximum Gasteiger partial charge on any atom is 0.336 e. The van der Waals surface area contributed by atoms with Crippen LogP contribution in [0.1, 0.15) is 40.2 Å². The van der Waals surface area contributed by atoms with Gasteiger partial charge >= 0.3 is 5.97 Å². The Balaban J connectivity index is 2.55. The maximum absolute atomic E-state index is 11.6. The zero-order valence-electron chi connectivity index (χ0n) is 9.41. The summed E-state index contributed by atoms with van der Waals surface area (Å²) in [4.78, 5) is 15.0. The van der Waals surface area contributed by atoms with Gasteiger partial charge < -0.3 is 4.74 Å². The van der Waals surface area contributed by atoms with E-state index >= 15 is 0 Å². The van der Waals surface area contributed by atoms with E-state index in [1.54, 1.807) is 6.07 Å². The maximum atomic E-state index is 11.6. The Kier molecular flexibility index (Phi) is 2.66. The van der Waals surface area contributed by atoms with E-state index < -0.39 is 0 Å². The fraction of sp³-hybridized carbons (Fsp3) is 0.385. The first kappa shape index (κ1) is 10.7. The molecule has 16 heavy (non-hydrogen) atoms. The molecule has 82 valence electrons. The topological polar surface area (TPSA) is 30.7 Å². The quantitative estimate of drug-likeness (QED) is 0.560. The summed E-state index contributed by atoms with van der Waals surface area (Å²) in [6.07, 6.45) is 2.25. The highest BCUT2D eigenvalue weighted by Gasteiger charge is 2.29. The van der Waals surface area contributed by atoms with Gasteiger partial charge in [0.2, 0.25) is 0 Å². The first-order valence-corrected chi connectivity index (χ1v) is 5.27. The van der Waals surface area contributed by atoms with Crippen LogP contribution in [0.3, 0.4) is 0 Å². The molecule has 0 heterocycles. The second-order valence-corrected chi connectivity index (χ2v) is 4.10. The van der Waals surface area contributed by atoms with Crippen LogP contribution >= 0.6 is 0 Å². The third-order valence-corrected chi connectivity index (χ3v) is 2.91. The van der Waals surface area contributed by atoms with Crippen molar-refractivity contribution in [3.05, 3.63) is 40.2 Å². The van der Waals surface area contributed by atoms with Gasteiger partial charge in [-0.1, -0.05) is 6.07 Å². The van der Waals surface area contributed by atoms with E-state index in [9.17, 15) is 4.79 Å². The molecule has 0 radical (unpaired) electrons. The third-order valence-electron chi connectivity index (χ3n) is 2.91. The van der Waals surface area contributed by atoms with Gasteiger partial charge in [0, 0.05) is 0 Å². The summed E-state index contributed by atoms with van der Waals surface area (Å²) in [5.74, 6) is 0.138. The molecule has 0 unspecified atom stereocenters. The van der Waals surface area contributed by atoms with Crippen LogP contribution in [0.2, 0.25) is 0 Å². The number of carbonyl (C=O) groups excluding carboxylic acids is 1. The van der Waals surface area contributed by atoms with E-state index in [2.05, 4.69) is 4.85 Å². The molecular weight excluding hydrogens is 202 g/mol. The molecule has 3 heteroatoms. The summed E-state index contributed by atoms with van der Waals surface area (Å²) >= 11 is 0. The van der Waals surface area contributed by atoms with E-state index in [1.807, 2.05) is 13.0 Å². The summed E-state index contributed by atoms with van der Waals surface area (Å²) < 4.78 is 4.75. The Labute approximate surface area is 94.9 Å². The van der Waals surface area contributed by atoms with Crippen molar-refractivity contribution in [3.8, 4) is 0 Å². The van der Waals surface area contributed by atoms with Gasteiger partial charge in [-0.3, -0.25) is 0 Å². The minimum Gasteiger partial charge on any atom is -0.465 e. The highest BCUT2D eigenvalue weighted by molar-refractivity contribution is 5.93. The number of esters is 1. The van der Waals surface area contributed by atoms with E-state index in [4.69, 9.17) is 11.3 Å². The molecule has 2 rings (SSSR count). The van der Waals surface area contributed by atoms with Crippen LogP contribution in [0.5, 0.6) is 0 Å². The molecule has 0 saturated heterocycles. The van der Waals surface area contributed by atoms with Gasteiger partial charge in [0.1, 0.15) is 0 Å². The van der Waals surface area contributed by atoms with Crippen LogP contribution in [0.15, 0.2) is 12.1 Å². The molecule has 1 aromatic rings. The Morgan fingerprint density at radius 2 is 2.19 bits per heavy atom. The number of aryl methyl sites for hydroxylation is 1. The molecule has 1 saturated carbocycles. The smallest absolute Gasteiger partial charge is 0.336 e. The highest BCUT2D eigenvalue weighted by atomic mass is 16.5. The standard InChI is InChI=1S/C13H13NO2/c1-8-6-10(9-4-5-9)11(13(15)16-3)7-12(8)14-2/h6-7,9H,4-5H2,1,3H3. The fourth-order valence-corrected chi connectivity index (χ4v) is 1.86. The van der Waals surface area contributed by atoms with Crippen molar-refractivity contribution >= 4 is 11.7 Å². The Hall–Kier alpha value is -1.82. The second-order valence-electron chi connectivity index (χ2n) is 4.10. The fourth-order valence-electron chi connectivity index (χ4n) is 1.86. The number of hydrogen-bond acceptors (Lipinski definition) is 2. The monoisotopic (exact) mass is 215 g/mol. The zero-order valence-corrected chi connectivity index (χ0v) is 9.41. The van der Waals surface area contributed by atoms with Crippen molar-refractivity contribution in [2.45, 2.75) is 25.7 Å². The van der Waals surface area contributed by atoms with Crippen LogP contribution < -0.4 is 0 Å². The molecule has 0 bridgehead atoms. The van der Waals surface area contributed by atoms with Crippen molar-refractivity contribution in [2.75, 3.05) is 7.11 Å². The molecule has 1 aromatic carbocycles. The van der Waals surface area contributed by atoms with Crippen LogP contribution in [0, 0.1) is 13.5 Å². The van der Waals surface area contributed by atoms with Gasteiger partial charge in [-0.05, 0) is 42.9 Å². The lowest BCUT2D eigenvalue weighted by Gasteiger charge is -2.09. The summed E-state index contributed by atoms with van der Waals surface area (Å²) in [7, 11) is 1.37.